The first-order chi connectivity index (χ1) is 4.98. The van der Waals surface area contributed by atoms with Crippen LogP contribution in [-0.4, -0.2) is 32.5 Å². The van der Waals surface area contributed by atoms with Gasteiger partial charge in [0.05, 0.1) is 0 Å². The van der Waals surface area contributed by atoms with Crippen LogP contribution >= 0.6 is 23.2 Å². The van der Waals surface area contributed by atoms with Crippen LogP contribution in [0.5, 0.6) is 0 Å². The van der Waals surface area contributed by atoms with Gasteiger partial charge in [-0.05, 0) is 12.8 Å². The lowest BCUT2D eigenvalue weighted by molar-refractivity contribution is -0.311. The fourth-order valence-electron chi connectivity index (χ4n) is 0.612. The number of aliphatic hydroxyl groups is 3. The summed E-state index contributed by atoms with van der Waals surface area (Å²) in [7, 11) is 0. The zero-order valence-electron chi connectivity index (χ0n) is 6.00. The maximum Gasteiger partial charge on any atom is 0.292 e. The molecule has 0 bridgehead atoms. The first-order valence-electron chi connectivity index (χ1n) is 3.35. The van der Waals surface area contributed by atoms with E-state index in [9.17, 15) is 0 Å². The molecule has 0 aliphatic carbocycles. The molecule has 0 fully saturated rings. The second-order valence-corrected chi connectivity index (χ2v) is 3.24. The minimum absolute atomic E-state index is 0.331. The topological polar surface area (TPSA) is 60.7 Å². The molecular formula is C6H12Cl2O3. The van der Waals surface area contributed by atoms with Crippen molar-refractivity contribution in [3.63, 3.8) is 0 Å². The van der Waals surface area contributed by atoms with Gasteiger partial charge in [-0.25, -0.2) is 0 Å². The Morgan fingerprint density at radius 3 is 2.09 bits per heavy atom. The third-order valence-corrected chi connectivity index (χ3v) is 2.04. The lowest BCUT2D eigenvalue weighted by atomic mass is 10.2. The van der Waals surface area contributed by atoms with Crippen molar-refractivity contribution in [3.05, 3.63) is 0 Å². The molecule has 0 amide bonds. The quantitative estimate of drug-likeness (QED) is 0.349. The molecule has 5 heteroatoms. The van der Waals surface area contributed by atoms with Gasteiger partial charge >= 0.3 is 0 Å². The molecule has 3 nitrogen and oxygen atoms in total. The molecule has 0 saturated carbocycles. The largest absolute Gasteiger partial charge is 0.342 e. The summed E-state index contributed by atoms with van der Waals surface area (Å²) in [5.41, 5.74) is 0. The molecule has 1 unspecified atom stereocenters. The van der Waals surface area contributed by atoms with E-state index in [-0.39, 0.29) is 0 Å². The Morgan fingerprint density at radius 2 is 1.73 bits per heavy atom. The highest BCUT2D eigenvalue weighted by molar-refractivity contribution is 6.21. The maximum absolute atomic E-state index is 8.53. The first kappa shape index (κ1) is 11.5. The Bertz CT molecular complexity index is 102. The van der Waals surface area contributed by atoms with Gasteiger partial charge in [-0.1, -0.05) is 6.42 Å². The van der Waals surface area contributed by atoms with Crippen molar-refractivity contribution in [1.29, 1.82) is 0 Å². The number of halogens is 2. The summed E-state index contributed by atoms with van der Waals surface area (Å²) in [4.78, 5) is 0. The standard InChI is InChI=1S/C6H12Cl2O3/c7-4-2-1-3-5(8)6(9,10)11/h5,9-11H,1-4H2. The van der Waals surface area contributed by atoms with Gasteiger partial charge in [-0.2, -0.15) is 0 Å². The average Bonchev–Trinajstić information content (AvgIpc) is 1.86. The molecule has 1 atom stereocenters. The summed E-state index contributed by atoms with van der Waals surface area (Å²) in [5, 5.41) is 24.5. The summed E-state index contributed by atoms with van der Waals surface area (Å²) in [6, 6.07) is 0. The molecule has 0 heterocycles. The van der Waals surface area contributed by atoms with E-state index in [2.05, 4.69) is 0 Å². The fraction of sp³-hybridized carbons (Fsp3) is 1.00. The van der Waals surface area contributed by atoms with Gasteiger partial charge in [0.15, 0.2) is 0 Å². The second-order valence-electron chi connectivity index (χ2n) is 2.34. The van der Waals surface area contributed by atoms with Crippen LogP contribution in [0.25, 0.3) is 0 Å². The molecule has 0 radical (unpaired) electrons. The Kier molecular flexibility index (Phi) is 5.38. The molecule has 3 N–H and O–H groups in total. The van der Waals surface area contributed by atoms with E-state index in [0.29, 0.717) is 18.7 Å². The van der Waals surface area contributed by atoms with Gasteiger partial charge < -0.3 is 15.3 Å². The zero-order valence-corrected chi connectivity index (χ0v) is 7.52. The van der Waals surface area contributed by atoms with Crippen LogP contribution < -0.4 is 0 Å². The van der Waals surface area contributed by atoms with E-state index >= 15 is 0 Å². The van der Waals surface area contributed by atoms with Crippen LogP contribution in [-0.2, 0) is 0 Å². The molecular weight excluding hydrogens is 191 g/mol. The molecule has 0 aliphatic heterocycles. The molecule has 0 aromatic rings. The summed E-state index contributed by atoms with van der Waals surface area (Å²) >= 11 is 10.8. The highest BCUT2D eigenvalue weighted by Gasteiger charge is 2.29. The maximum atomic E-state index is 8.53. The molecule has 11 heavy (non-hydrogen) atoms. The van der Waals surface area contributed by atoms with Crippen LogP contribution in [0.15, 0.2) is 0 Å². The van der Waals surface area contributed by atoms with Gasteiger partial charge in [0.25, 0.3) is 5.97 Å². The Morgan fingerprint density at radius 1 is 1.18 bits per heavy atom. The van der Waals surface area contributed by atoms with Gasteiger partial charge in [0.2, 0.25) is 0 Å². The first-order valence-corrected chi connectivity index (χ1v) is 4.32. The zero-order chi connectivity index (χ0) is 8.91. The third kappa shape index (κ3) is 5.70. The number of rotatable bonds is 5. The van der Waals surface area contributed by atoms with Crippen molar-refractivity contribution in [2.75, 3.05) is 5.88 Å². The van der Waals surface area contributed by atoms with E-state index in [4.69, 9.17) is 38.5 Å². The smallest absolute Gasteiger partial charge is 0.292 e. The summed E-state index contributed by atoms with van der Waals surface area (Å²) < 4.78 is 0. The van der Waals surface area contributed by atoms with Crippen molar-refractivity contribution < 1.29 is 15.3 Å². The lowest BCUT2D eigenvalue weighted by Gasteiger charge is -2.19. The number of hydrogen-bond donors (Lipinski definition) is 3. The summed E-state index contributed by atoms with van der Waals surface area (Å²) in [5.74, 6) is -2.26. The predicted molar refractivity (Wildman–Crippen MR) is 43.6 cm³/mol. The van der Waals surface area contributed by atoms with E-state index < -0.39 is 11.4 Å². The molecule has 0 aromatic heterocycles. The molecule has 0 saturated heterocycles. The Hall–Kier alpha value is 0.460. The van der Waals surface area contributed by atoms with Crippen molar-refractivity contribution in [3.8, 4) is 0 Å². The number of unbranched alkanes of at least 4 members (excludes halogenated alkanes) is 1. The van der Waals surface area contributed by atoms with Crippen LogP contribution in [0.1, 0.15) is 19.3 Å². The Labute approximate surface area is 75.6 Å². The van der Waals surface area contributed by atoms with E-state index in [1.165, 1.54) is 0 Å². The van der Waals surface area contributed by atoms with Crippen molar-refractivity contribution >= 4 is 23.2 Å². The number of hydrogen-bond acceptors (Lipinski definition) is 3. The average molecular weight is 203 g/mol. The van der Waals surface area contributed by atoms with E-state index in [0.717, 1.165) is 6.42 Å². The van der Waals surface area contributed by atoms with Crippen molar-refractivity contribution in [2.24, 2.45) is 0 Å². The normalized spacial score (nSPS) is 15.0. The van der Waals surface area contributed by atoms with E-state index in [1.54, 1.807) is 0 Å². The molecule has 0 aliphatic rings. The van der Waals surface area contributed by atoms with Gasteiger partial charge in [-0.3, -0.25) is 0 Å². The van der Waals surface area contributed by atoms with Crippen molar-refractivity contribution in [1.82, 2.24) is 0 Å². The SMILES string of the molecule is OC(O)(O)C(Cl)CCCCCl. The highest BCUT2D eigenvalue weighted by Crippen LogP contribution is 2.16. The second kappa shape index (κ2) is 5.17. The molecule has 0 rings (SSSR count). The monoisotopic (exact) mass is 202 g/mol. The minimum atomic E-state index is -2.77. The van der Waals surface area contributed by atoms with Crippen LogP contribution in [0, 0.1) is 0 Å². The summed E-state index contributed by atoms with van der Waals surface area (Å²) in [6.07, 6.45) is 1.75. The summed E-state index contributed by atoms with van der Waals surface area (Å²) in [6.45, 7) is 0. The molecule has 0 spiro atoms. The van der Waals surface area contributed by atoms with Gasteiger partial charge in [0, 0.05) is 5.88 Å². The van der Waals surface area contributed by atoms with Crippen LogP contribution in [0.4, 0.5) is 0 Å². The third-order valence-electron chi connectivity index (χ3n) is 1.26. The Balaban J connectivity index is 3.44. The lowest BCUT2D eigenvalue weighted by Crippen LogP contribution is -2.38. The fourth-order valence-corrected chi connectivity index (χ4v) is 0.955. The minimum Gasteiger partial charge on any atom is -0.342 e. The van der Waals surface area contributed by atoms with Crippen LogP contribution in [0.3, 0.4) is 0 Å². The van der Waals surface area contributed by atoms with Gasteiger partial charge in [0.1, 0.15) is 5.38 Å². The molecule has 0 aromatic carbocycles. The predicted octanol–water partition coefficient (Wildman–Crippen LogP) is 0.634. The molecule has 68 valence electrons. The highest BCUT2D eigenvalue weighted by atomic mass is 35.5. The van der Waals surface area contributed by atoms with E-state index in [1.807, 2.05) is 0 Å². The van der Waals surface area contributed by atoms with Gasteiger partial charge in [-0.15, -0.1) is 23.2 Å². The van der Waals surface area contributed by atoms with Crippen molar-refractivity contribution in [2.45, 2.75) is 30.6 Å². The number of alkyl halides is 2. The van der Waals surface area contributed by atoms with Crippen LogP contribution in [0.2, 0.25) is 0 Å².